The van der Waals surface area contributed by atoms with Crippen molar-refractivity contribution in [1.82, 2.24) is 9.97 Å². The van der Waals surface area contributed by atoms with Crippen molar-refractivity contribution in [3.05, 3.63) is 40.7 Å². The van der Waals surface area contributed by atoms with Crippen molar-refractivity contribution in [2.75, 3.05) is 13.4 Å². The molecule has 24 heavy (non-hydrogen) atoms. The van der Waals surface area contributed by atoms with Crippen LogP contribution >= 0.6 is 11.3 Å². The van der Waals surface area contributed by atoms with Gasteiger partial charge in [0.15, 0.2) is 6.20 Å². The largest absolute Gasteiger partial charge is 0.618 e. The molecule has 0 bridgehead atoms. The van der Waals surface area contributed by atoms with Gasteiger partial charge in [-0.05, 0) is 6.07 Å². The van der Waals surface area contributed by atoms with E-state index in [1.54, 1.807) is 12.1 Å². The lowest BCUT2D eigenvalue weighted by molar-refractivity contribution is -0.593. The van der Waals surface area contributed by atoms with Crippen LogP contribution in [0.5, 0.6) is 0 Å². The van der Waals surface area contributed by atoms with E-state index >= 15 is 0 Å². The number of esters is 1. The van der Waals surface area contributed by atoms with Crippen LogP contribution in [0.1, 0.15) is 9.67 Å². The van der Waals surface area contributed by atoms with Gasteiger partial charge in [-0.25, -0.2) is 23.2 Å². The maximum absolute atomic E-state index is 12.1. The highest BCUT2D eigenvalue weighted by Gasteiger charge is 2.27. The first-order valence-electron chi connectivity index (χ1n) is 6.59. The number of nitrogens with zero attached hydrogens (tertiary/aromatic N) is 3. The molecule has 3 heterocycles. The summed E-state index contributed by atoms with van der Waals surface area (Å²) in [7, 11) is -2.42. The molecule has 3 aromatic rings. The molecule has 0 aliphatic carbocycles. The predicted molar refractivity (Wildman–Crippen MR) is 86.3 cm³/mol. The molecular weight excluding hydrogens is 354 g/mol. The van der Waals surface area contributed by atoms with Crippen LogP contribution in [0.15, 0.2) is 35.7 Å². The first-order chi connectivity index (χ1) is 11.3. The minimum absolute atomic E-state index is 0.156. The van der Waals surface area contributed by atoms with Gasteiger partial charge in [0.05, 0.1) is 17.4 Å². The Morgan fingerprint density at radius 1 is 1.38 bits per heavy atom. The van der Waals surface area contributed by atoms with Gasteiger partial charge in [0, 0.05) is 24.6 Å². The van der Waals surface area contributed by atoms with Crippen LogP contribution in [0, 0.1) is 5.21 Å². The summed E-state index contributed by atoms with van der Waals surface area (Å²) in [6.07, 6.45) is 3.58. The second kappa shape index (κ2) is 5.80. The monoisotopic (exact) mass is 365 g/mol. The molecule has 124 valence electrons. The van der Waals surface area contributed by atoms with E-state index < -0.39 is 15.8 Å². The SMILES string of the molecule is COC(=O)c1sc2cnc(S(C)(=O)=O)nc2c1-c1cccc[n+]1[O-]. The minimum atomic E-state index is -3.64. The van der Waals surface area contributed by atoms with Crippen molar-refractivity contribution in [2.24, 2.45) is 0 Å². The third kappa shape index (κ3) is 2.69. The fourth-order valence-electron chi connectivity index (χ4n) is 2.15. The van der Waals surface area contributed by atoms with Gasteiger partial charge in [0.1, 0.15) is 10.4 Å². The zero-order chi connectivity index (χ0) is 17.5. The van der Waals surface area contributed by atoms with Crippen molar-refractivity contribution in [2.45, 2.75) is 5.16 Å². The zero-order valence-corrected chi connectivity index (χ0v) is 14.2. The number of carbonyl (C=O) groups excluding carboxylic acids is 1. The summed E-state index contributed by atoms with van der Waals surface area (Å²) in [6.45, 7) is 0. The van der Waals surface area contributed by atoms with Crippen molar-refractivity contribution in [3.63, 3.8) is 0 Å². The van der Waals surface area contributed by atoms with Gasteiger partial charge >= 0.3 is 5.97 Å². The van der Waals surface area contributed by atoms with Crippen LogP contribution < -0.4 is 4.73 Å². The Kier molecular flexibility index (Phi) is 3.93. The number of pyridine rings is 1. The number of sulfone groups is 1. The van der Waals surface area contributed by atoms with Crippen LogP contribution in [0.3, 0.4) is 0 Å². The molecule has 0 unspecified atom stereocenters. The van der Waals surface area contributed by atoms with Gasteiger partial charge in [-0.3, -0.25) is 0 Å². The smallest absolute Gasteiger partial charge is 0.349 e. The maximum atomic E-state index is 12.1. The minimum Gasteiger partial charge on any atom is -0.618 e. The molecule has 0 saturated carbocycles. The molecule has 8 nitrogen and oxygen atoms in total. The highest BCUT2D eigenvalue weighted by atomic mass is 32.2. The molecule has 0 N–H and O–H groups in total. The fraction of sp³-hybridized carbons (Fsp3) is 0.143. The highest BCUT2D eigenvalue weighted by molar-refractivity contribution is 7.90. The Morgan fingerprint density at radius 3 is 2.75 bits per heavy atom. The summed E-state index contributed by atoms with van der Waals surface area (Å²) in [5, 5.41) is 11.7. The first-order valence-corrected chi connectivity index (χ1v) is 9.30. The summed E-state index contributed by atoms with van der Waals surface area (Å²) in [5.41, 5.74) is 0.610. The van der Waals surface area contributed by atoms with E-state index in [4.69, 9.17) is 4.74 Å². The van der Waals surface area contributed by atoms with Crippen molar-refractivity contribution in [1.29, 1.82) is 0 Å². The van der Waals surface area contributed by atoms with Crippen molar-refractivity contribution >= 4 is 37.4 Å². The summed E-state index contributed by atoms with van der Waals surface area (Å²) in [4.78, 5) is 20.1. The second-order valence-corrected chi connectivity index (χ2v) is 7.81. The number of thiophene rings is 1. The van der Waals surface area contributed by atoms with Crippen LogP contribution in [0.4, 0.5) is 0 Å². The van der Waals surface area contributed by atoms with Gasteiger partial charge < -0.3 is 9.94 Å². The highest BCUT2D eigenvalue weighted by Crippen LogP contribution is 2.36. The standard InChI is InChI=1S/C14H11N3O5S2/c1-22-13(18)12-10(8-5-3-4-6-17(8)19)11-9(23-12)7-15-14(16-11)24(2,20)21/h3-7H,1-2H3. The number of aromatic nitrogens is 3. The van der Waals surface area contributed by atoms with E-state index in [0.29, 0.717) is 9.43 Å². The Labute approximate surface area is 140 Å². The van der Waals surface area contributed by atoms with Crippen LogP contribution in [0.25, 0.3) is 21.5 Å². The molecule has 0 atom stereocenters. The number of fused-ring (bicyclic) bond motifs is 1. The Hall–Kier alpha value is -2.59. The number of rotatable bonds is 3. The molecule has 10 heteroatoms. The quantitative estimate of drug-likeness (QED) is 0.296. The number of hydrogen-bond donors (Lipinski definition) is 0. The van der Waals surface area contributed by atoms with E-state index in [1.807, 2.05) is 0 Å². The van der Waals surface area contributed by atoms with Gasteiger partial charge in [0.2, 0.25) is 20.7 Å². The van der Waals surface area contributed by atoms with Gasteiger partial charge in [-0.15, -0.1) is 11.3 Å². The van der Waals surface area contributed by atoms with Crippen LogP contribution in [-0.4, -0.2) is 37.7 Å². The van der Waals surface area contributed by atoms with Crippen molar-refractivity contribution < 1.29 is 22.7 Å². The maximum Gasteiger partial charge on any atom is 0.349 e. The fourth-order valence-corrected chi connectivity index (χ4v) is 3.69. The average Bonchev–Trinajstić information content (AvgIpc) is 2.92. The Balaban J connectivity index is 2.42. The van der Waals surface area contributed by atoms with E-state index in [9.17, 15) is 18.4 Å². The van der Waals surface area contributed by atoms with E-state index in [2.05, 4.69) is 9.97 Å². The molecule has 0 radical (unpaired) electrons. The van der Waals surface area contributed by atoms with E-state index in [0.717, 1.165) is 17.6 Å². The molecule has 0 spiro atoms. The summed E-state index contributed by atoms with van der Waals surface area (Å²) in [5.74, 6) is -0.641. The molecule has 0 fully saturated rings. The molecule has 3 rings (SSSR count). The number of methoxy groups -OCH3 is 1. The summed E-state index contributed by atoms with van der Waals surface area (Å²) in [6, 6.07) is 4.69. The lowest BCUT2D eigenvalue weighted by Crippen LogP contribution is -2.28. The van der Waals surface area contributed by atoms with E-state index in [1.165, 1.54) is 25.6 Å². The molecule has 3 aromatic heterocycles. The normalized spacial score (nSPS) is 11.6. The third-order valence-electron chi connectivity index (χ3n) is 3.19. The summed E-state index contributed by atoms with van der Waals surface area (Å²) < 4.78 is 29.2. The molecule has 0 aliphatic rings. The Bertz CT molecular complexity index is 1060. The second-order valence-electron chi connectivity index (χ2n) is 4.85. The lowest BCUT2D eigenvalue weighted by Gasteiger charge is -2.05. The summed E-state index contributed by atoms with van der Waals surface area (Å²) >= 11 is 1.03. The Morgan fingerprint density at radius 2 is 2.12 bits per heavy atom. The average molecular weight is 365 g/mol. The van der Waals surface area contributed by atoms with Crippen LogP contribution in [0.2, 0.25) is 0 Å². The topological polar surface area (TPSA) is 113 Å². The van der Waals surface area contributed by atoms with Gasteiger partial charge in [-0.2, -0.15) is 4.73 Å². The van der Waals surface area contributed by atoms with Crippen LogP contribution in [-0.2, 0) is 14.6 Å². The molecule has 0 aliphatic heterocycles. The number of ether oxygens (including phenoxy) is 1. The molecule has 0 amide bonds. The molecule has 0 saturated heterocycles. The zero-order valence-electron chi connectivity index (χ0n) is 12.6. The number of carbonyl (C=O) groups is 1. The third-order valence-corrected chi connectivity index (χ3v) is 5.15. The van der Waals surface area contributed by atoms with Crippen molar-refractivity contribution in [3.8, 4) is 11.3 Å². The molecular formula is C14H11N3O5S2. The number of hydrogen-bond acceptors (Lipinski definition) is 8. The lowest BCUT2D eigenvalue weighted by atomic mass is 10.1. The van der Waals surface area contributed by atoms with E-state index in [-0.39, 0.29) is 26.8 Å². The predicted octanol–water partition coefficient (Wildman–Crippen LogP) is 1.18. The molecule has 0 aromatic carbocycles. The first kappa shape index (κ1) is 16.3. The van der Waals surface area contributed by atoms with Gasteiger partial charge in [-0.1, -0.05) is 0 Å². The van der Waals surface area contributed by atoms with Gasteiger partial charge in [0.25, 0.3) is 0 Å².